The first-order chi connectivity index (χ1) is 5.35. The Morgan fingerprint density at radius 1 is 1.09 bits per heavy atom. The number of nitrogens with two attached hydrogens (primary N) is 1. The van der Waals surface area contributed by atoms with Gasteiger partial charge in [-0.3, -0.25) is 0 Å². The Morgan fingerprint density at radius 3 is 2.09 bits per heavy atom. The third-order valence-electron chi connectivity index (χ3n) is 3.42. The molecule has 1 radical (unpaired) electrons. The molecule has 0 unspecified atom stereocenters. The lowest BCUT2D eigenvalue weighted by atomic mass is 9.86. The zero-order chi connectivity index (χ0) is 7.73. The van der Waals surface area contributed by atoms with E-state index in [1.165, 1.54) is 49.9 Å². The molecule has 0 aliphatic carbocycles. The van der Waals surface area contributed by atoms with Crippen LogP contribution >= 0.6 is 0 Å². The van der Waals surface area contributed by atoms with Crippen LogP contribution in [-0.2, 0) is 0 Å². The Hall–Kier alpha value is -0.0800. The second kappa shape index (κ2) is 2.76. The molecule has 0 aromatic rings. The summed E-state index contributed by atoms with van der Waals surface area (Å²) in [6.45, 7) is 6.23. The van der Waals surface area contributed by atoms with Crippen molar-refractivity contribution in [2.75, 3.05) is 32.7 Å². The van der Waals surface area contributed by atoms with Crippen LogP contribution in [0.3, 0.4) is 0 Å². The largest absolute Gasteiger partial charge is 0.326 e. The molecule has 2 nitrogen and oxygen atoms in total. The Labute approximate surface area is 69.0 Å². The molecule has 2 heteroatoms. The van der Waals surface area contributed by atoms with Crippen molar-refractivity contribution in [3.63, 3.8) is 0 Å². The van der Waals surface area contributed by atoms with Gasteiger partial charge in [0.05, 0.1) is 26.2 Å². The Morgan fingerprint density at radius 2 is 1.64 bits per heavy atom. The predicted molar refractivity (Wildman–Crippen MR) is 45.9 cm³/mol. The molecule has 11 heavy (non-hydrogen) atoms. The molecule has 0 aromatic heterocycles. The molecule has 2 bridgehead atoms. The molecule has 3 saturated heterocycles. The van der Waals surface area contributed by atoms with Gasteiger partial charge in [0.1, 0.15) is 0 Å². The van der Waals surface area contributed by atoms with Crippen molar-refractivity contribution in [2.24, 2.45) is 5.73 Å². The van der Waals surface area contributed by atoms with Crippen LogP contribution in [0.1, 0.15) is 19.3 Å². The van der Waals surface area contributed by atoms with Gasteiger partial charge in [-0.1, -0.05) is 0 Å². The van der Waals surface area contributed by atoms with Crippen LogP contribution in [-0.4, -0.2) is 37.2 Å². The van der Waals surface area contributed by atoms with Crippen LogP contribution in [0.5, 0.6) is 0 Å². The summed E-state index contributed by atoms with van der Waals surface area (Å²) in [6.07, 6.45) is 4.17. The van der Waals surface area contributed by atoms with Gasteiger partial charge in [-0.05, 0) is 5.92 Å². The topological polar surface area (TPSA) is 26.0 Å². The molecule has 3 aliphatic heterocycles. The first kappa shape index (κ1) is 7.56. The summed E-state index contributed by atoms with van der Waals surface area (Å²) in [5, 5.41) is 0. The molecule has 63 valence electrons. The summed E-state index contributed by atoms with van der Waals surface area (Å²) in [5.74, 6) is 1.82. The zero-order valence-electron chi connectivity index (χ0n) is 7.18. The summed E-state index contributed by atoms with van der Waals surface area (Å²) < 4.78 is 1.33. The molecule has 0 saturated carbocycles. The average Bonchev–Trinajstić information content (AvgIpc) is 2.07. The van der Waals surface area contributed by atoms with E-state index in [1.807, 2.05) is 5.92 Å². The molecule has 3 fully saturated rings. The SMILES string of the molecule is NCC[N+]12CC[C](CC1)CC2. The van der Waals surface area contributed by atoms with E-state index in [0.717, 1.165) is 6.54 Å². The summed E-state index contributed by atoms with van der Waals surface area (Å²) in [6, 6.07) is 0. The van der Waals surface area contributed by atoms with E-state index < -0.39 is 0 Å². The molecule has 0 aromatic carbocycles. The number of piperidine rings is 3. The first-order valence-electron chi connectivity index (χ1n) is 4.73. The Balaban J connectivity index is 2.00. The van der Waals surface area contributed by atoms with Crippen LogP contribution in [0.15, 0.2) is 0 Å². The highest BCUT2D eigenvalue weighted by Crippen LogP contribution is 2.34. The second-order valence-corrected chi connectivity index (χ2v) is 4.02. The number of quaternary nitrogens is 1. The molecular weight excluding hydrogens is 136 g/mol. The maximum absolute atomic E-state index is 5.61. The molecule has 3 heterocycles. The minimum Gasteiger partial charge on any atom is -0.326 e. The first-order valence-corrected chi connectivity index (χ1v) is 4.73. The fraction of sp³-hybridized carbons (Fsp3) is 0.889. The van der Waals surface area contributed by atoms with E-state index in [0.29, 0.717) is 0 Å². The van der Waals surface area contributed by atoms with E-state index in [-0.39, 0.29) is 0 Å². The van der Waals surface area contributed by atoms with Gasteiger partial charge < -0.3 is 10.2 Å². The van der Waals surface area contributed by atoms with Gasteiger partial charge >= 0.3 is 0 Å². The highest BCUT2D eigenvalue weighted by molar-refractivity contribution is 4.95. The van der Waals surface area contributed by atoms with E-state index >= 15 is 0 Å². The van der Waals surface area contributed by atoms with Crippen LogP contribution in [0.2, 0.25) is 0 Å². The van der Waals surface area contributed by atoms with Crippen LogP contribution in [0.4, 0.5) is 0 Å². The van der Waals surface area contributed by atoms with Gasteiger partial charge in [-0.25, -0.2) is 0 Å². The number of hydrogen-bond donors (Lipinski definition) is 1. The van der Waals surface area contributed by atoms with Gasteiger partial charge in [0.2, 0.25) is 0 Å². The number of rotatable bonds is 2. The quantitative estimate of drug-likeness (QED) is 0.577. The van der Waals surface area contributed by atoms with Crippen molar-refractivity contribution < 1.29 is 4.48 Å². The molecule has 0 amide bonds. The Kier molecular flexibility index (Phi) is 1.90. The summed E-state index contributed by atoms with van der Waals surface area (Å²) in [4.78, 5) is 0. The molecule has 3 aliphatic rings. The van der Waals surface area contributed by atoms with Gasteiger partial charge in [0, 0.05) is 25.8 Å². The summed E-state index contributed by atoms with van der Waals surface area (Å²) in [5.41, 5.74) is 5.61. The third-order valence-corrected chi connectivity index (χ3v) is 3.42. The van der Waals surface area contributed by atoms with Crippen molar-refractivity contribution in [3.05, 3.63) is 5.92 Å². The van der Waals surface area contributed by atoms with Crippen molar-refractivity contribution in [3.8, 4) is 0 Å². The fourth-order valence-electron chi connectivity index (χ4n) is 2.51. The standard InChI is InChI=1S/C9H18N2/c10-4-8-11-5-1-9(2-6-11)3-7-11/h1-8,10H2/q+1. The maximum atomic E-state index is 5.61. The zero-order valence-corrected chi connectivity index (χ0v) is 7.18. The predicted octanol–water partition coefficient (Wildman–Crippen LogP) is 0.534. The fourth-order valence-corrected chi connectivity index (χ4v) is 2.51. The van der Waals surface area contributed by atoms with Crippen LogP contribution < -0.4 is 5.73 Å². The third kappa shape index (κ3) is 1.30. The number of nitrogens with zero attached hydrogens (tertiary/aromatic N) is 1. The highest BCUT2D eigenvalue weighted by Gasteiger charge is 2.38. The lowest BCUT2D eigenvalue weighted by molar-refractivity contribution is -0.936. The molecule has 2 N–H and O–H groups in total. The lowest BCUT2D eigenvalue weighted by Gasteiger charge is -2.48. The van der Waals surface area contributed by atoms with E-state index in [4.69, 9.17) is 5.73 Å². The minimum atomic E-state index is 0.870. The summed E-state index contributed by atoms with van der Waals surface area (Å²) in [7, 11) is 0. The smallest absolute Gasteiger partial charge is 0.0911 e. The monoisotopic (exact) mass is 154 g/mol. The Bertz CT molecular complexity index is 117. The molecule has 3 rings (SSSR count). The van der Waals surface area contributed by atoms with Crippen molar-refractivity contribution in [1.82, 2.24) is 0 Å². The number of fused-ring (bicyclic) bond motifs is 3. The van der Waals surface area contributed by atoms with Crippen molar-refractivity contribution in [1.29, 1.82) is 0 Å². The van der Waals surface area contributed by atoms with Crippen molar-refractivity contribution in [2.45, 2.75) is 19.3 Å². The molecule has 0 atom stereocenters. The van der Waals surface area contributed by atoms with Crippen LogP contribution in [0.25, 0.3) is 0 Å². The van der Waals surface area contributed by atoms with Gasteiger partial charge in [0.15, 0.2) is 0 Å². The maximum Gasteiger partial charge on any atom is 0.0911 e. The van der Waals surface area contributed by atoms with Gasteiger partial charge in [-0.15, -0.1) is 0 Å². The lowest BCUT2D eigenvalue weighted by Crippen LogP contribution is -2.59. The van der Waals surface area contributed by atoms with E-state index in [1.54, 1.807) is 0 Å². The van der Waals surface area contributed by atoms with E-state index in [2.05, 4.69) is 0 Å². The minimum absolute atomic E-state index is 0.870. The van der Waals surface area contributed by atoms with E-state index in [9.17, 15) is 0 Å². The number of hydrogen-bond acceptors (Lipinski definition) is 1. The molecular formula is C9H18N2+. The highest BCUT2D eigenvalue weighted by atomic mass is 15.4. The van der Waals surface area contributed by atoms with Crippen LogP contribution in [0, 0.1) is 5.92 Å². The van der Waals surface area contributed by atoms with Crippen molar-refractivity contribution >= 4 is 0 Å². The van der Waals surface area contributed by atoms with Gasteiger partial charge in [-0.2, -0.15) is 0 Å². The summed E-state index contributed by atoms with van der Waals surface area (Å²) >= 11 is 0. The molecule has 0 spiro atoms. The van der Waals surface area contributed by atoms with Gasteiger partial charge in [0.25, 0.3) is 0 Å². The second-order valence-electron chi connectivity index (χ2n) is 4.02. The average molecular weight is 154 g/mol. The normalized spacial score (nSPS) is 29.2.